The SMILES string of the molecule is CCCCN(C)C(=O)c1cc(S(=O)(=O)NC2CC2)ccc1C. The van der Waals surface area contributed by atoms with Crippen molar-refractivity contribution in [1.29, 1.82) is 0 Å². The van der Waals surface area contributed by atoms with E-state index < -0.39 is 10.0 Å². The van der Waals surface area contributed by atoms with Gasteiger partial charge >= 0.3 is 0 Å². The summed E-state index contributed by atoms with van der Waals surface area (Å²) in [6.07, 6.45) is 3.71. The minimum Gasteiger partial charge on any atom is -0.342 e. The number of nitrogens with one attached hydrogen (secondary N) is 1. The van der Waals surface area contributed by atoms with Gasteiger partial charge in [0.25, 0.3) is 5.91 Å². The van der Waals surface area contributed by atoms with Crippen molar-refractivity contribution in [2.24, 2.45) is 0 Å². The summed E-state index contributed by atoms with van der Waals surface area (Å²) >= 11 is 0. The number of carbonyl (C=O) groups is 1. The zero-order valence-electron chi connectivity index (χ0n) is 13.4. The van der Waals surface area contributed by atoms with Crippen LogP contribution in [-0.2, 0) is 10.0 Å². The number of carbonyl (C=O) groups excluding carboxylic acids is 1. The molecular weight excluding hydrogens is 300 g/mol. The first-order chi connectivity index (χ1) is 10.3. The van der Waals surface area contributed by atoms with Crippen LogP contribution in [-0.4, -0.2) is 38.9 Å². The molecule has 1 aliphatic carbocycles. The Balaban J connectivity index is 2.24. The molecule has 1 aliphatic rings. The largest absolute Gasteiger partial charge is 0.342 e. The normalized spacial score (nSPS) is 14.9. The number of aryl methyl sites for hydroxylation is 1. The Morgan fingerprint density at radius 1 is 1.36 bits per heavy atom. The first-order valence-electron chi connectivity index (χ1n) is 7.73. The third-order valence-corrected chi connectivity index (χ3v) is 5.36. The highest BCUT2D eigenvalue weighted by atomic mass is 32.2. The predicted molar refractivity (Wildman–Crippen MR) is 86.4 cm³/mol. The Hall–Kier alpha value is -1.40. The molecule has 0 atom stereocenters. The number of hydrogen-bond acceptors (Lipinski definition) is 3. The maximum absolute atomic E-state index is 12.5. The second-order valence-corrected chi connectivity index (χ2v) is 7.67. The molecule has 0 spiro atoms. The average Bonchev–Trinajstić information content (AvgIpc) is 3.27. The van der Waals surface area contributed by atoms with E-state index in [0.29, 0.717) is 12.1 Å². The fraction of sp³-hybridized carbons (Fsp3) is 0.562. The van der Waals surface area contributed by atoms with Gasteiger partial charge in [0, 0.05) is 25.2 Å². The van der Waals surface area contributed by atoms with E-state index in [1.165, 1.54) is 6.07 Å². The zero-order valence-corrected chi connectivity index (χ0v) is 14.2. The molecule has 0 unspecified atom stereocenters. The molecule has 0 heterocycles. The summed E-state index contributed by atoms with van der Waals surface area (Å²) in [7, 11) is -1.78. The topological polar surface area (TPSA) is 66.5 Å². The van der Waals surface area contributed by atoms with Crippen LogP contribution in [0.3, 0.4) is 0 Å². The van der Waals surface area contributed by atoms with Crippen LogP contribution < -0.4 is 4.72 Å². The molecular formula is C16H24N2O3S. The van der Waals surface area contributed by atoms with Gasteiger partial charge in [-0.3, -0.25) is 4.79 Å². The molecule has 1 saturated carbocycles. The van der Waals surface area contributed by atoms with Crippen molar-refractivity contribution >= 4 is 15.9 Å². The van der Waals surface area contributed by atoms with Crippen LogP contribution in [0.2, 0.25) is 0 Å². The summed E-state index contributed by atoms with van der Waals surface area (Å²) in [5, 5.41) is 0. The van der Waals surface area contributed by atoms with E-state index in [2.05, 4.69) is 11.6 Å². The second-order valence-electron chi connectivity index (χ2n) is 5.95. The molecule has 22 heavy (non-hydrogen) atoms. The fourth-order valence-corrected chi connectivity index (χ4v) is 3.52. The van der Waals surface area contributed by atoms with E-state index in [9.17, 15) is 13.2 Å². The van der Waals surface area contributed by atoms with Gasteiger partial charge in [-0.05, 0) is 43.9 Å². The standard InChI is InChI=1S/C16H24N2O3S/c1-4-5-10-18(3)16(19)15-11-14(9-6-12(15)2)22(20,21)17-13-7-8-13/h6,9,11,13,17H,4-5,7-8,10H2,1-3H3. The quantitative estimate of drug-likeness (QED) is 0.837. The summed E-state index contributed by atoms with van der Waals surface area (Å²) < 4.78 is 27.2. The molecule has 1 fully saturated rings. The molecule has 0 aromatic heterocycles. The van der Waals surface area contributed by atoms with Crippen molar-refractivity contribution in [3.63, 3.8) is 0 Å². The van der Waals surface area contributed by atoms with Crippen LogP contribution >= 0.6 is 0 Å². The Morgan fingerprint density at radius 3 is 2.64 bits per heavy atom. The lowest BCUT2D eigenvalue weighted by Gasteiger charge is -2.18. The first-order valence-corrected chi connectivity index (χ1v) is 9.22. The lowest BCUT2D eigenvalue weighted by atomic mass is 10.1. The minimum absolute atomic E-state index is 0.0534. The van der Waals surface area contributed by atoms with Crippen LogP contribution in [0.1, 0.15) is 48.5 Å². The lowest BCUT2D eigenvalue weighted by Crippen LogP contribution is -2.29. The van der Waals surface area contributed by atoms with E-state index in [1.54, 1.807) is 24.1 Å². The number of hydrogen-bond donors (Lipinski definition) is 1. The molecule has 0 aliphatic heterocycles. The van der Waals surface area contributed by atoms with Gasteiger partial charge in [0.2, 0.25) is 10.0 Å². The van der Waals surface area contributed by atoms with E-state index in [-0.39, 0.29) is 16.8 Å². The summed E-state index contributed by atoms with van der Waals surface area (Å²) in [6.45, 7) is 4.57. The van der Waals surface area contributed by atoms with Crippen LogP contribution in [0.5, 0.6) is 0 Å². The number of rotatable bonds is 7. The summed E-state index contributed by atoms with van der Waals surface area (Å²) in [4.78, 5) is 14.3. The van der Waals surface area contributed by atoms with Gasteiger partial charge in [-0.2, -0.15) is 0 Å². The van der Waals surface area contributed by atoms with E-state index in [0.717, 1.165) is 31.2 Å². The predicted octanol–water partition coefficient (Wildman–Crippen LogP) is 2.31. The third-order valence-electron chi connectivity index (χ3n) is 3.84. The Labute approximate surface area is 132 Å². The molecule has 1 aromatic rings. The average molecular weight is 324 g/mol. The molecule has 1 N–H and O–H groups in total. The van der Waals surface area contributed by atoms with Crippen molar-refractivity contribution in [1.82, 2.24) is 9.62 Å². The van der Waals surface area contributed by atoms with Crippen molar-refractivity contribution in [2.45, 2.75) is 50.5 Å². The highest BCUT2D eigenvalue weighted by Gasteiger charge is 2.28. The summed E-state index contributed by atoms with van der Waals surface area (Å²) in [5.41, 5.74) is 1.25. The van der Waals surface area contributed by atoms with Gasteiger partial charge in [-0.25, -0.2) is 13.1 Å². The maximum atomic E-state index is 12.5. The first kappa shape index (κ1) is 17.0. The molecule has 0 radical (unpaired) electrons. The third kappa shape index (κ3) is 4.08. The van der Waals surface area contributed by atoms with E-state index in [4.69, 9.17) is 0 Å². The Kier molecular flexibility index (Phi) is 5.24. The van der Waals surface area contributed by atoms with Gasteiger partial charge in [-0.1, -0.05) is 19.4 Å². The monoisotopic (exact) mass is 324 g/mol. The molecule has 5 nitrogen and oxygen atoms in total. The lowest BCUT2D eigenvalue weighted by molar-refractivity contribution is 0.0792. The molecule has 2 rings (SSSR count). The van der Waals surface area contributed by atoms with Gasteiger partial charge in [-0.15, -0.1) is 0 Å². The smallest absolute Gasteiger partial charge is 0.253 e. The van der Waals surface area contributed by atoms with E-state index >= 15 is 0 Å². The highest BCUT2D eigenvalue weighted by molar-refractivity contribution is 7.89. The fourth-order valence-electron chi connectivity index (χ4n) is 2.19. The molecule has 6 heteroatoms. The number of benzene rings is 1. The number of unbranched alkanes of at least 4 members (excludes halogenated alkanes) is 1. The Morgan fingerprint density at radius 2 is 2.05 bits per heavy atom. The van der Waals surface area contributed by atoms with Crippen LogP contribution in [0.25, 0.3) is 0 Å². The van der Waals surface area contributed by atoms with Crippen LogP contribution in [0.4, 0.5) is 0 Å². The van der Waals surface area contributed by atoms with Crippen molar-refractivity contribution in [3.05, 3.63) is 29.3 Å². The minimum atomic E-state index is -3.53. The Bertz CT molecular complexity index is 651. The van der Waals surface area contributed by atoms with Crippen molar-refractivity contribution < 1.29 is 13.2 Å². The van der Waals surface area contributed by atoms with Crippen molar-refractivity contribution in [3.8, 4) is 0 Å². The van der Waals surface area contributed by atoms with Crippen molar-refractivity contribution in [2.75, 3.05) is 13.6 Å². The highest BCUT2D eigenvalue weighted by Crippen LogP contribution is 2.23. The van der Waals surface area contributed by atoms with Gasteiger partial charge in [0.1, 0.15) is 0 Å². The van der Waals surface area contributed by atoms with Gasteiger partial charge < -0.3 is 4.90 Å². The van der Waals surface area contributed by atoms with Crippen LogP contribution in [0, 0.1) is 6.92 Å². The zero-order chi connectivity index (χ0) is 16.3. The summed E-state index contributed by atoms with van der Waals surface area (Å²) in [6, 6.07) is 4.80. The molecule has 1 amide bonds. The second kappa shape index (κ2) is 6.79. The number of nitrogens with zero attached hydrogens (tertiary/aromatic N) is 1. The molecule has 1 aromatic carbocycles. The van der Waals surface area contributed by atoms with Gasteiger partial charge in [0.05, 0.1) is 4.90 Å². The number of sulfonamides is 1. The van der Waals surface area contributed by atoms with Crippen LogP contribution in [0.15, 0.2) is 23.1 Å². The molecule has 0 saturated heterocycles. The maximum Gasteiger partial charge on any atom is 0.253 e. The molecule has 0 bridgehead atoms. The van der Waals surface area contributed by atoms with E-state index in [1.807, 2.05) is 6.92 Å². The number of amides is 1. The summed E-state index contributed by atoms with van der Waals surface area (Å²) in [5.74, 6) is -0.130. The van der Waals surface area contributed by atoms with Gasteiger partial charge in [0.15, 0.2) is 0 Å². The molecule has 122 valence electrons.